The van der Waals surface area contributed by atoms with Crippen LogP contribution in [0.3, 0.4) is 0 Å². The summed E-state index contributed by atoms with van der Waals surface area (Å²) in [4.78, 5) is 9.01. The first kappa shape index (κ1) is 12.7. The molecule has 0 saturated carbocycles. The van der Waals surface area contributed by atoms with Crippen LogP contribution in [0.5, 0.6) is 11.5 Å². The fraction of sp³-hybridized carbons (Fsp3) is 0.333. The Morgan fingerprint density at radius 3 is 2.80 bits per heavy atom. The third kappa shape index (κ3) is 2.15. The van der Waals surface area contributed by atoms with E-state index in [0.29, 0.717) is 17.4 Å². The first-order valence-electron chi connectivity index (χ1n) is 6.71. The van der Waals surface area contributed by atoms with E-state index in [9.17, 15) is 5.11 Å². The summed E-state index contributed by atoms with van der Waals surface area (Å²) in [6, 6.07) is 5.06. The highest BCUT2D eigenvalue weighted by molar-refractivity contribution is 5.63. The molecule has 2 aromatic rings. The fourth-order valence-corrected chi connectivity index (χ4v) is 2.57. The summed E-state index contributed by atoms with van der Waals surface area (Å²) in [6.07, 6.45) is 4.19. The molecule has 0 spiro atoms. The molecule has 0 aliphatic heterocycles. The van der Waals surface area contributed by atoms with E-state index in [2.05, 4.69) is 9.97 Å². The number of aromatic nitrogens is 2. The van der Waals surface area contributed by atoms with Crippen LogP contribution in [0.1, 0.15) is 24.1 Å². The molecule has 0 fully saturated rings. The van der Waals surface area contributed by atoms with Crippen LogP contribution >= 0.6 is 0 Å². The number of phenols is 1. The van der Waals surface area contributed by atoms with E-state index in [-0.39, 0.29) is 5.75 Å². The van der Waals surface area contributed by atoms with E-state index in [0.717, 1.165) is 42.5 Å². The molecule has 0 amide bonds. The molecular formula is C15H17N3O2. The van der Waals surface area contributed by atoms with E-state index in [1.54, 1.807) is 18.2 Å². The number of hydrogen-bond acceptors (Lipinski definition) is 5. The highest BCUT2D eigenvalue weighted by atomic mass is 16.5. The van der Waals surface area contributed by atoms with Crippen LogP contribution in [0.15, 0.2) is 18.2 Å². The Bertz CT molecular complexity index is 656. The molecule has 104 valence electrons. The number of phenolic OH excluding ortho intramolecular Hbond substituents is 1. The van der Waals surface area contributed by atoms with Crippen LogP contribution in [-0.4, -0.2) is 22.2 Å². The lowest BCUT2D eigenvalue weighted by Gasteiger charge is -2.17. The summed E-state index contributed by atoms with van der Waals surface area (Å²) in [5.41, 5.74) is 8.98. The van der Waals surface area contributed by atoms with Gasteiger partial charge in [0.15, 0.2) is 17.3 Å². The summed E-state index contributed by atoms with van der Waals surface area (Å²) in [5, 5.41) is 9.64. The van der Waals surface area contributed by atoms with Crippen molar-refractivity contribution in [3.05, 3.63) is 29.5 Å². The quantitative estimate of drug-likeness (QED) is 0.876. The molecule has 1 aliphatic rings. The van der Waals surface area contributed by atoms with Crippen molar-refractivity contribution < 1.29 is 9.84 Å². The van der Waals surface area contributed by atoms with Crippen molar-refractivity contribution >= 4 is 5.82 Å². The van der Waals surface area contributed by atoms with Gasteiger partial charge >= 0.3 is 0 Å². The standard InChI is InChI=1S/C15H17N3O2/c1-20-13-8-9(6-7-12(13)19)15-17-11-5-3-2-4-10(11)14(16)18-15/h6-8,19H,2-5H2,1H3,(H2,16,17,18). The fourth-order valence-electron chi connectivity index (χ4n) is 2.57. The van der Waals surface area contributed by atoms with E-state index in [1.807, 2.05) is 0 Å². The molecular weight excluding hydrogens is 254 g/mol. The van der Waals surface area contributed by atoms with Gasteiger partial charge in [-0.2, -0.15) is 0 Å². The van der Waals surface area contributed by atoms with Crippen LogP contribution in [0.2, 0.25) is 0 Å². The number of ether oxygens (including phenoxy) is 1. The minimum absolute atomic E-state index is 0.0992. The number of fused-ring (bicyclic) bond motifs is 1. The number of aryl methyl sites for hydroxylation is 1. The second-order valence-corrected chi connectivity index (χ2v) is 4.95. The van der Waals surface area contributed by atoms with Gasteiger partial charge in [0, 0.05) is 16.8 Å². The SMILES string of the molecule is COc1cc(-c2nc(N)c3c(n2)CCCC3)ccc1O. The number of methoxy groups -OCH3 is 1. The molecule has 1 aromatic heterocycles. The maximum atomic E-state index is 9.64. The molecule has 0 atom stereocenters. The van der Waals surface area contributed by atoms with E-state index in [4.69, 9.17) is 10.5 Å². The molecule has 5 heteroatoms. The average molecular weight is 271 g/mol. The Morgan fingerprint density at radius 1 is 1.20 bits per heavy atom. The lowest BCUT2D eigenvalue weighted by atomic mass is 9.96. The largest absolute Gasteiger partial charge is 0.504 e. The third-order valence-corrected chi connectivity index (χ3v) is 3.65. The predicted molar refractivity (Wildman–Crippen MR) is 76.7 cm³/mol. The zero-order valence-corrected chi connectivity index (χ0v) is 11.4. The van der Waals surface area contributed by atoms with Gasteiger partial charge in [-0.3, -0.25) is 0 Å². The van der Waals surface area contributed by atoms with E-state index < -0.39 is 0 Å². The monoisotopic (exact) mass is 271 g/mol. The van der Waals surface area contributed by atoms with Gasteiger partial charge in [-0.25, -0.2) is 9.97 Å². The highest BCUT2D eigenvalue weighted by Crippen LogP contribution is 2.32. The Kier molecular flexibility index (Phi) is 3.18. The maximum absolute atomic E-state index is 9.64. The second kappa shape index (κ2) is 5.00. The van der Waals surface area contributed by atoms with Crippen molar-refractivity contribution in [2.75, 3.05) is 12.8 Å². The Labute approximate surface area is 117 Å². The van der Waals surface area contributed by atoms with Crippen molar-refractivity contribution in [3.8, 4) is 22.9 Å². The van der Waals surface area contributed by atoms with Crippen LogP contribution < -0.4 is 10.5 Å². The lowest BCUT2D eigenvalue weighted by molar-refractivity contribution is 0.373. The predicted octanol–water partition coefficient (Wildman–Crippen LogP) is 2.32. The number of nitrogens with zero attached hydrogens (tertiary/aromatic N) is 2. The zero-order valence-electron chi connectivity index (χ0n) is 11.4. The van der Waals surface area contributed by atoms with Crippen LogP contribution in [0, 0.1) is 0 Å². The van der Waals surface area contributed by atoms with Gasteiger partial charge in [-0.1, -0.05) is 0 Å². The van der Waals surface area contributed by atoms with Crippen molar-refractivity contribution in [2.45, 2.75) is 25.7 Å². The minimum atomic E-state index is 0.0992. The molecule has 1 aliphatic carbocycles. The van der Waals surface area contributed by atoms with Gasteiger partial charge in [0.25, 0.3) is 0 Å². The average Bonchev–Trinajstić information content (AvgIpc) is 2.47. The van der Waals surface area contributed by atoms with E-state index >= 15 is 0 Å². The van der Waals surface area contributed by atoms with Crippen molar-refractivity contribution in [2.24, 2.45) is 0 Å². The van der Waals surface area contributed by atoms with Crippen LogP contribution in [-0.2, 0) is 12.8 Å². The van der Waals surface area contributed by atoms with Gasteiger partial charge in [0.1, 0.15) is 5.82 Å². The normalized spacial score (nSPS) is 13.8. The molecule has 5 nitrogen and oxygen atoms in total. The summed E-state index contributed by atoms with van der Waals surface area (Å²) in [6.45, 7) is 0. The number of benzene rings is 1. The molecule has 3 N–H and O–H groups in total. The van der Waals surface area contributed by atoms with E-state index in [1.165, 1.54) is 7.11 Å². The third-order valence-electron chi connectivity index (χ3n) is 3.65. The summed E-state index contributed by atoms with van der Waals surface area (Å²) in [5.74, 6) is 1.66. The first-order valence-corrected chi connectivity index (χ1v) is 6.71. The molecule has 1 aromatic carbocycles. The van der Waals surface area contributed by atoms with Crippen molar-refractivity contribution in [1.82, 2.24) is 9.97 Å². The number of aromatic hydroxyl groups is 1. The smallest absolute Gasteiger partial charge is 0.161 e. The first-order chi connectivity index (χ1) is 9.69. The molecule has 1 heterocycles. The molecule has 0 unspecified atom stereocenters. The van der Waals surface area contributed by atoms with Crippen LogP contribution in [0.25, 0.3) is 11.4 Å². The van der Waals surface area contributed by atoms with Gasteiger partial charge in [-0.15, -0.1) is 0 Å². The Balaban J connectivity index is 2.08. The summed E-state index contributed by atoms with van der Waals surface area (Å²) >= 11 is 0. The number of rotatable bonds is 2. The van der Waals surface area contributed by atoms with Gasteiger partial charge < -0.3 is 15.6 Å². The maximum Gasteiger partial charge on any atom is 0.161 e. The number of nitrogen functional groups attached to an aromatic ring is 1. The molecule has 0 radical (unpaired) electrons. The zero-order chi connectivity index (χ0) is 14.1. The van der Waals surface area contributed by atoms with Gasteiger partial charge in [0.05, 0.1) is 7.11 Å². The number of anilines is 1. The molecule has 0 bridgehead atoms. The van der Waals surface area contributed by atoms with Crippen molar-refractivity contribution in [1.29, 1.82) is 0 Å². The summed E-state index contributed by atoms with van der Waals surface area (Å²) < 4.78 is 5.11. The highest BCUT2D eigenvalue weighted by Gasteiger charge is 2.17. The second-order valence-electron chi connectivity index (χ2n) is 4.95. The topological polar surface area (TPSA) is 81.3 Å². The van der Waals surface area contributed by atoms with Crippen molar-refractivity contribution in [3.63, 3.8) is 0 Å². The summed E-state index contributed by atoms with van der Waals surface area (Å²) in [7, 11) is 1.51. The minimum Gasteiger partial charge on any atom is -0.504 e. The van der Waals surface area contributed by atoms with Gasteiger partial charge in [0.2, 0.25) is 0 Å². The van der Waals surface area contributed by atoms with Crippen LogP contribution in [0.4, 0.5) is 5.82 Å². The lowest BCUT2D eigenvalue weighted by Crippen LogP contribution is -2.11. The number of hydrogen-bond donors (Lipinski definition) is 2. The Morgan fingerprint density at radius 2 is 2.00 bits per heavy atom. The number of nitrogens with two attached hydrogens (primary N) is 1. The molecule has 0 saturated heterocycles. The molecule has 20 heavy (non-hydrogen) atoms. The molecule has 3 rings (SSSR count). The van der Waals surface area contributed by atoms with Gasteiger partial charge in [-0.05, 0) is 43.9 Å². The Hall–Kier alpha value is -2.30.